The molecular weight excluding hydrogens is 306 g/mol. The monoisotopic (exact) mass is 327 g/mol. The van der Waals surface area contributed by atoms with Crippen molar-refractivity contribution in [3.8, 4) is 11.5 Å². The number of methoxy groups -OCH3 is 2. The highest BCUT2D eigenvalue weighted by Gasteiger charge is 2.31. The molecule has 0 radical (unpaired) electrons. The van der Waals surface area contributed by atoms with Crippen molar-refractivity contribution in [3.63, 3.8) is 0 Å². The molecule has 4 rings (SSSR count). The molecule has 0 spiro atoms. The lowest BCUT2D eigenvalue weighted by atomic mass is 9.95. The van der Waals surface area contributed by atoms with E-state index in [-0.39, 0.29) is 0 Å². The van der Waals surface area contributed by atoms with Gasteiger partial charge in [0.1, 0.15) is 29.2 Å². The van der Waals surface area contributed by atoms with Crippen LogP contribution in [0.5, 0.6) is 11.5 Å². The Bertz CT molecular complexity index is 761. The first-order valence-electron chi connectivity index (χ1n) is 8.21. The number of β-amino-alcohol motifs (C(OH)–C–C–N with tert-alkyl or cyclic N) is 1. The van der Waals surface area contributed by atoms with Gasteiger partial charge in [-0.15, -0.1) is 0 Å². The zero-order valence-corrected chi connectivity index (χ0v) is 13.9. The molecule has 0 saturated heterocycles. The number of rotatable bonds is 4. The van der Waals surface area contributed by atoms with Crippen molar-refractivity contribution in [3.05, 3.63) is 41.3 Å². The number of anilines is 1. The van der Waals surface area contributed by atoms with E-state index >= 15 is 0 Å². The van der Waals surface area contributed by atoms with Crippen LogP contribution in [-0.4, -0.2) is 35.8 Å². The third-order valence-corrected chi connectivity index (χ3v) is 4.72. The maximum absolute atomic E-state index is 10.7. The van der Waals surface area contributed by atoms with Crippen LogP contribution in [0.2, 0.25) is 0 Å². The van der Waals surface area contributed by atoms with Gasteiger partial charge in [0.15, 0.2) is 0 Å². The molecule has 1 aliphatic carbocycles. The molecule has 1 aromatic heterocycles. The summed E-state index contributed by atoms with van der Waals surface area (Å²) in [7, 11) is 3.26. The molecule has 2 aromatic rings. The van der Waals surface area contributed by atoms with Crippen molar-refractivity contribution in [1.82, 2.24) is 9.97 Å². The Morgan fingerprint density at radius 2 is 1.88 bits per heavy atom. The summed E-state index contributed by atoms with van der Waals surface area (Å²) in [6.45, 7) is 1.09. The largest absolute Gasteiger partial charge is 0.496 e. The van der Waals surface area contributed by atoms with Crippen LogP contribution in [0.3, 0.4) is 0 Å². The quantitative estimate of drug-likeness (QED) is 0.930. The van der Waals surface area contributed by atoms with Gasteiger partial charge in [-0.05, 0) is 31.0 Å². The predicted octanol–water partition coefficient (Wildman–Crippen LogP) is 2.42. The van der Waals surface area contributed by atoms with Gasteiger partial charge in [-0.3, -0.25) is 0 Å². The number of aliphatic hydroxyl groups is 1. The molecular formula is C18H21N3O3. The predicted molar refractivity (Wildman–Crippen MR) is 89.6 cm³/mol. The van der Waals surface area contributed by atoms with Crippen molar-refractivity contribution in [2.45, 2.75) is 31.4 Å². The standard InChI is InChI=1S/C18H21N3O3/c1-23-14-5-6-15(24-2)17-12(14)9-21(10-13(17)22)16-7-8-19-18(20-16)11-3-4-11/h5-8,11,13,22H,3-4,9-10H2,1-2H3. The Morgan fingerprint density at radius 3 is 2.58 bits per heavy atom. The molecule has 6 nitrogen and oxygen atoms in total. The Hall–Kier alpha value is -2.34. The number of hydrogen-bond donors (Lipinski definition) is 1. The van der Waals surface area contributed by atoms with Crippen LogP contribution in [0.4, 0.5) is 5.82 Å². The zero-order valence-electron chi connectivity index (χ0n) is 13.9. The summed E-state index contributed by atoms with van der Waals surface area (Å²) in [6, 6.07) is 5.62. The van der Waals surface area contributed by atoms with E-state index in [0.29, 0.717) is 24.8 Å². The average molecular weight is 327 g/mol. The molecule has 0 bridgehead atoms. The molecule has 126 valence electrons. The minimum atomic E-state index is -0.654. The molecule has 24 heavy (non-hydrogen) atoms. The van der Waals surface area contributed by atoms with E-state index < -0.39 is 6.10 Å². The summed E-state index contributed by atoms with van der Waals surface area (Å²) in [5.74, 6) is 3.71. The second-order valence-corrected chi connectivity index (χ2v) is 6.31. The van der Waals surface area contributed by atoms with Crippen LogP contribution in [0.15, 0.2) is 24.4 Å². The van der Waals surface area contributed by atoms with Gasteiger partial charge in [-0.1, -0.05) is 0 Å². The van der Waals surface area contributed by atoms with E-state index in [1.54, 1.807) is 20.4 Å². The lowest BCUT2D eigenvalue weighted by Crippen LogP contribution is -2.35. The highest BCUT2D eigenvalue weighted by molar-refractivity contribution is 5.55. The summed E-state index contributed by atoms with van der Waals surface area (Å²) in [5.41, 5.74) is 1.76. The van der Waals surface area contributed by atoms with E-state index in [0.717, 1.165) is 28.5 Å². The number of aromatic nitrogens is 2. The highest BCUT2D eigenvalue weighted by atomic mass is 16.5. The second-order valence-electron chi connectivity index (χ2n) is 6.31. The first kappa shape index (κ1) is 15.2. The van der Waals surface area contributed by atoms with E-state index in [4.69, 9.17) is 14.5 Å². The van der Waals surface area contributed by atoms with Gasteiger partial charge in [0, 0.05) is 29.8 Å². The maximum Gasteiger partial charge on any atom is 0.133 e. The fourth-order valence-corrected chi connectivity index (χ4v) is 3.33. The summed E-state index contributed by atoms with van der Waals surface area (Å²) >= 11 is 0. The van der Waals surface area contributed by atoms with Crippen molar-refractivity contribution >= 4 is 5.82 Å². The molecule has 6 heteroatoms. The fourth-order valence-electron chi connectivity index (χ4n) is 3.33. The summed E-state index contributed by atoms with van der Waals surface area (Å²) < 4.78 is 10.9. The summed E-state index contributed by atoms with van der Waals surface area (Å²) in [6.07, 6.45) is 3.48. The first-order valence-corrected chi connectivity index (χ1v) is 8.21. The van der Waals surface area contributed by atoms with E-state index in [9.17, 15) is 5.11 Å². The third kappa shape index (κ3) is 2.57. The lowest BCUT2D eigenvalue weighted by Gasteiger charge is -2.34. The van der Waals surface area contributed by atoms with Crippen molar-refractivity contribution < 1.29 is 14.6 Å². The van der Waals surface area contributed by atoms with Gasteiger partial charge in [0.2, 0.25) is 0 Å². The van der Waals surface area contributed by atoms with E-state index in [1.807, 2.05) is 18.2 Å². The summed E-state index contributed by atoms with van der Waals surface area (Å²) in [4.78, 5) is 11.1. The number of fused-ring (bicyclic) bond motifs is 1. The van der Waals surface area contributed by atoms with Crippen LogP contribution in [-0.2, 0) is 6.54 Å². The number of benzene rings is 1. The maximum atomic E-state index is 10.7. The van der Waals surface area contributed by atoms with Gasteiger partial charge < -0.3 is 19.5 Å². The zero-order chi connectivity index (χ0) is 16.7. The molecule has 1 N–H and O–H groups in total. The molecule has 2 heterocycles. The Balaban J connectivity index is 1.71. The van der Waals surface area contributed by atoms with Gasteiger partial charge in [0.25, 0.3) is 0 Å². The lowest BCUT2D eigenvalue weighted by molar-refractivity contribution is 0.169. The molecule has 1 aliphatic heterocycles. The average Bonchev–Trinajstić information content (AvgIpc) is 3.46. The Kier molecular flexibility index (Phi) is 3.76. The van der Waals surface area contributed by atoms with E-state index in [2.05, 4.69) is 9.88 Å². The molecule has 1 aromatic carbocycles. The van der Waals surface area contributed by atoms with Crippen molar-refractivity contribution in [1.29, 1.82) is 0 Å². The first-order chi connectivity index (χ1) is 11.7. The second kappa shape index (κ2) is 5.94. The van der Waals surface area contributed by atoms with Crippen LogP contribution >= 0.6 is 0 Å². The Morgan fingerprint density at radius 1 is 1.12 bits per heavy atom. The van der Waals surface area contributed by atoms with Crippen LogP contribution in [0, 0.1) is 0 Å². The van der Waals surface area contributed by atoms with Crippen molar-refractivity contribution in [2.24, 2.45) is 0 Å². The number of ether oxygens (including phenoxy) is 2. The van der Waals surface area contributed by atoms with Gasteiger partial charge >= 0.3 is 0 Å². The van der Waals surface area contributed by atoms with Crippen LogP contribution in [0.1, 0.15) is 41.8 Å². The van der Waals surface area contributed by atoms with Crippen LogP contribution < -0.4 is 14.4 Å². The highest BCUT2D eigenvalue weighted by Crippen LogP contribution is 2.41. The SMILES string of the molecule is COc1ccc(OC)c2c1CN(c1ccnc(C3CC3)n1)CC2O. The molecule has 2 aliphatic rings. The normalized spacial score (nSPS) is 19.8. The van der Waals surface area contributed by atoms with Crippen molar-refractivity contribution in [2.75, 3.05) is 25.7 Å². The minimum absolute atomic E-state index is 0.470. The molecule has 0 amide bonds. The third-order valence-electron chi connectivity index (χ3n) is 4.72. The molecule has 1 unspecified atom stereocenters. The molecule has 1 atom stereocenters. The number of aliphatic hydroxyl groups excluding tert-OH is 1. The smallest absolute Gasteiger partial charge is 0.133 e. The van der Waals surface area contributed by atoms with Gasteiger partial charge in [0.05, 0.1) is 20.8 Å². The number of hydrogen-bond acceptors (Lipinski definition) is 6. The van der Waals surface area contributed by atoms with Gasteiger partial charge in [-0.25, -0.2) is 9.97 Å². The number of nitrogens with zero attached hydrogens (tertiary/aromatic N) is 3. The topological polar surface area (TPSA) is 67.7 Å². The fraction of sp³-hybridized carbons (Fsp3) is 0.444. The van der Waals surface area contributed by atoms with E-state index in [1.165, 1.54) is 12.8 Å². The molecule has 1 fully saturated rings. The minimum Gasteiger partial charge on any atom is -0.496 e. The summed E-state index contributed by atoms with van der Waals surface area (Å²) in [5, 5.41) is 10.7. The van der Waals surface area contributed by atoms with Gasteiger partial charge in [-0.2, -0.15) is 0 Å². The Labute approximate surface area is 141 Å². The van der Waals surface area contributed by atoms with Crippen LogP contribution in [0.25, 0.3) is 0 Å². The molecule has 1 saturated carbocycles.